The van der Waals surface area contributed by atoms with Crippen molar-refractivity contribution < 1.29 is 13.2 Å². The van der Waals surface area contributed by atoms with E-state index in [-0.39, 0.29) is 21.2 Å². The highest BCUT2D eigenvalue weighted by Gasteiger charge is 2.15. The van der Waals surface area contributed by atoms with Crippen molar-refractivity contribution in [3.63, 3.8) is 0 Å². The van der Waals surface area contributed by atoms with Gasteiger partial charge in [0.1, 0.15) is 6.07 Å². The maximum atomic E-state index is 12.4. The van der Waals surface area contributed by atoms with Gasteiger partial charge in [-0.3, -0.25) is 4.79 Å². The number of halogens is 1. The highest BCUT2D eigenvalue weighted by molar-refractivity contribution is 7.90. The number of anilines is 1. The SMILES string of the molecule is CS(=O)(=O)c1cc(Cl)cc(NC(=O)c2cnn(-c3ncccc3C#N)c2)c1. The number of aromatic nitrogens is 3. The summed E-state index contributed by atoms with van der Waals surface area (Å²) in [6, 6.07) is 9.26. The van der Waals surface area contributed by atoms with E-state index in [0.717, 1.165) is 6.26 Å². The molecule has 0 aliphatic rings. The van der Waals surface area contributed by atoms with E-state index in [1.165, 1.54) is 41.5 Å². The van der Waals surface area contributed by atoms with E-state index in [2.05, 4.69) is 15.4 Å². The lowest BCUT2D eigenvalue weighted by Gasteiger charge is -2.07. The Bertz CT molecular complexity index is 1180. The van der Waals surface area contributed by atoms with Crippen molar-refractivity contribution in [3.05, 3.63) is 65.1 Å². The van der Waals surface area contributed by atoms with Gasteiger partial charge in [0.25, 0.3) is 5.91 Å². The van der Waals surface area contributed by atoms with E-state index < -0.39 is 15.7 Å². The van der Waals surface area contributed by atoms with Crippen LogP contribution in [-0.4, -0.2) is 35.3 Å². The molecule has 136 valence electrons. The van der Waals surface area contributed by atoms with Crippen LogP contribution < -0.4 is 5.32 Å². The van der Waals surface area contributed by atoms with Crippen molar-refractivity contribution in [1.29, 1.82) is 5.26 Å². The van der Waals surface area contributed by atoms with Gasteiger partial charge in [0.2, 0.25) is 0 Å². The molecule has 0 aliphatic carbocycles. The standard InChI is InChI=1S/C17H12ClN5O3S/c1-27(25,26)15-6-13(18)5-14(7-15)22-17(24)12-9-21-23(10-12)16-11(8-19)3-2-4-20-16/h2-7,9-10H,1H3,(H,22,24). The monoisotopic (exact) mass is 401 g/mol. The van der Waals surface area contributed by atoms with Crippen LogP contribution in [0.15, 0.2) is 53.8 Å². The summed E-state index contributed by atoms with van der Waals surface area (Å²) in [6.45, 7) is 0. The molecule has 3 rings (SSSR count). The van der Waals surface area contributed by atoms with Crippen molar-refractivity contribution in [2.75, 3.05) is 11.6 Å². The van der Waals surface area contributed by atoms with Crippen molar-refractivity contribution in [3.8, 4) is 11.9 Å². The fourth-order valence-corrected chi connectivity index (χ4v) is 3.26. The first kappa shape index (κ1) is 18.6. The molecular formula is C17H12ClN5O3S. The Morgan fingerprint density at radius 2 is 2.11 bits per heavy atom. The number of amides is 1. The first-order chi connectivity index (χ1) is 12.8. The molecule has 0 spiro atoms. The second kappa shape index (κ2) is 7.19. The van der Waals surface area contributed by atoms with Crippen LogP contribution in [0.2, 0.25) is 5.02 Å². The van der Waals surface area contributed by atoms with Gasteiger partial charge in [-0.25, -0.2) is 18.1 Å². The van der Waals surface area contributed by atoms with Gasteiger partial charge in [-0.2, -0.15) is 10.4 Å². The zero-order valence-electron chi connectivity index (χ0n) is 13.9. The van der Waals surface area contributed by atoms with Gasteiger partial charge < -0.3 is 5.32 Å². The minimum atomic E-state index is -3.48. The quantitative estimate of drug-likeness (QED) is 0.717. The van der Waals surface area contributed by atoms with E-state index in [1.807, 2.05) is 6.07 Å². The van der Waals surface area contributed by atoms with E-state index in [4.69, 9.17) is 16.9 Å². The Morgan fingerprint density at radius 3 is 2.81 bits per heavy atom. The van der Waals surface area contributed by atoms with Crippen LogP contribution in [0.25, 0.3) is 5.82 Å². The van der Waals surface area contributed by atoms with Crippen LogP contribution in [0.4, 0.5) is 5.69 Å². The average Bonchev–Trinajstić information content (AvgIpc) is 3.10. The van der Waals surface area contributed by atoms with Crippen molar-refractivity contribution in [2.45, 2.75) is 4.90 Å². The van der Waals surface area contributed by atoms with Crippen LogP contribution in [-0.2, 0) is 9.84 Å². The van der Waals surface area contributed by atoms with Crippen molar-refractivity contribution in [2.24, 2.45) is 0 Å². The lowest BCUT2D eigenvalue weighted by Crippen LogP contribution is -2.12. The number of sulfone groups is 1. The number of nitriles is 1. The highest BCUT2D eigenvalue weighted by atomic mass is 35.5. The molecule has 1 amide bonds. The molecule has 0 radical (unpaired) electrons. The number of nitrogens with one attached hydrogen (secondary N) is 1. The topological polar surface area (TPSA) is 118 Å². The third-order valence-corrected chi connectivity index (χ3v) is 4.84. The molecule has 0 atom stereocenters. The van der Waals surface area contributed by atoms with Crippen LogP contribution >= 0.6 is 11.6 Å². The fraction of sp³-hybridized carbons (Fsp3) is 0.0588. The van der Waals surface area contributed by atoms with E-state index >= 15 is 0 Å². The Hall–Kier alpha value is -3.22. The molecule has 0 saturated heterocycles. The lowest BCUT2D eigenvalue weighted by molar-refractivity contribution is 0.102. The predicted molar refractivity (Wildman–Crippen MR) is 98.6 cm³/mol. The molecule has 0 bridgehead atoms. The maximum Gasteiger partial charge on any atom is 0.258 e. The molecule has 3 aromatic rings. The third kappa shape index (κ3) is 4.13. The Morgan fingerprint density at radius 1 is 1.33 bits per heavy atom. The number of pyridine rings is 1. The molecule has 1 aromatic carbocycles. The number of rotatable bonds is 4. The summed E-state index contributed by atoms with van der Waals surface area (Å²) in [4.78, 5) is 16.5. The zero-order chi connectivity index (χ0) is 19.6. The van der Waals surface area contributed by atoms with E-state index in [1.54, 1.807) is 12.1 Å². The summed E-state index contributed by atoms with van der Waals surface area (Å²) in [5, 5.41) is 15.9. The largest absolute Gasteiger partial charge is 0.322 e. The molecule has 2 aromatic heterocycles. The van der Waals surface area contributed by atoms with Crippen LogP contribution in [0.5, 0.6) is 0 Å². The number of carbonyl (C=O) groups excluding carboxylic acids is 1. The summed E-state index contributed by atoms with van der Waals surface area (Å²) in [7, 11) is -3.48. The van der Waals surface area contributed by atoms with Crippen molar-refractivity contribution in [1.82, 2.24) is 14.8 Å². The van der Waals surface area contributed by atoms with Gasteiger partial charge in [0, 0.05) is 29.4 Å². The van der Waals surface area contributed by atoms with Gasteiger partial charge >= 0.3 is 0 Å². The van der Waals surface area contributed by atoms with E-state index in [0.29, 0.717) is 11.4 Å². The molecule has 2 heterocycles. The first-order valence-electron chi connectivity index (χ1n) is 7.50. The number of hydrogen-bond donors (Lipinski definition) is 1. The number of nitrogens with zero attached hydrogens (tertiary/aromatic N) is 4. The second-order valence-electron chi connectivity index (χ2n) is 5.56. The molecule has 0 saturated carbocycles. The lowest BCUT2D eigenvalue weighted by atomic mass is 10.2. The average molecular weight is 402 g/mol. The number of hydrogen-bond acceptors (Lipinski definition) is 6. The first-order valence-corrected chi connectivity index (χ1v) is 9.77. The molecule has 1 N–H and O–H groups in total. The van der Waals surface area contributed by atoms with Crippen LogP contribution in [0, 0.1) is 11.3 Å². The summed E-state index contributed by atoms with van der Waals surface area (Å²) >= 11 is 5.93. The van der Waals surface area contributed by atoms with Crippen LogP contribution in [0.3, 0.4) is 0 Å². The van der Waals surface area contributed by atoms with Crippen molar-refractivity contribution >= 4 is 33.0 Å². The van der Waals surface area contributed by atoms with Gasteiger partial charge in [-0.1, -0.05) is 11.6 Å². The Kier molecular flexibility index (Phi) is 4.94. The van der Waals surface area contributed by atoms with E-state index in [9.17, 15) is 13.2 Å². The molecule has 10 heteroatoms. The van der Waals surface area contributed by atoms with Gasteiger partial charge in [-0.15, -0.1) is 0 Å². The highest BCUT2D eigenvalue weighted by Crippen LogP contribution is 2.23. The van der Waals surface area contributed by atoms with Crippen LogP contribution in [0.1, 0.15) is 15.9 Å². The molecule has 27 heavy (non-hydrogen) atoms. The third-order valence-electron chi connectivity index (χ3n) is 3.53. The van der Waals surface area contributed by atoms with Gasteiger partial charge in [0.05, 0.1) is 22.2 Å². The molecule has 0 aliphatic heterocycles. The van der Waals surface area contributed by atoms with Gasteiger partial charge in [0.15, 0.2) is 15.7 Å². The number of carbonyl (C=O) groups is 1. The summed E-state index contributed by atoms with van der Waals surface area (Å²) < 4.78 is 24.7. The number of benzene rings is 1. The molecule has 0 unspecified atom stereocenters. The maximum absolute atomic E-state index is 12.4. The predicted octanol–water partition coefficient (Wildman–Crippen LogP) is 2.45. The minimum Gasteiger partial charge on any atom is -0.322 e. The second-order valence-corrected chi connectivity index (χ2v) is 8.01. The molecule has 8 nitrogen and oxygen atoms in total. The minimum absolute atomic E-state index is 0.00635. The summed E-state index contributed by atoms with van der Waals surface area (Å²) in [5.74, 6) is -0.224. The Balaban J connectivity index is 1.88. The van der Waals surface area contributed by atoms with Gasteiger partial charge in [-0.05, 0) is 30.3 Å². The zero-order valence-corrected chi connectivity index (χ0v) is 15.5. The Labute approximate surface area is 159 Å². The molecular weight excluding hydrogens is 390 g/mol. The smallest absolute Gasteiger partial charge is 0.258 e. The summed E-state index contributed by atoms with van der Waals surface area (Å²) in [6.07, 6.45) is 5.29. The fourth-order valence-electron chi connectivity index (χ4n) is 2.27. The summed E-state index contributed by atoms with van der Waals surface area (Å²) in [5.41, 5.74) is 0.738. The normalized spacial score (nSPS) is 11.0. The molecule has 0 fully saturated rings.